The number of aromatic amines is 1. The van der Waals surface area contributed by atoms with Gasteiger partial charge in [-0.2, -0.15) is 0 Å². The van der Waals surface area contributed by atoms with E-state index in [1.165, 1.54) is 11.1 Å². The Labute approximate surface area is 187 Å². The Kier molecular flexibility index (Phi) is 4.93. The van der Waals surface area contributed by atoms with Gasteiger partial charge in [-0.1, -0.05) is 35.9 Å². The zero-order chi connectivity index (χ0) is 22.5. The fraction of sp³-hybridized carbons (Fsp3) is 0.360. The molecule has 7 heteroatoms. The molecular weight excluding hydrogens is 400 g/mol. The molecule has 0 saturated carbocycles. The fourth-order valence-electron chi connectivity index (χ4n) is 4.63. The van der Waals surface area contributed by atoms with Crippen LogP contribution in [0.2, 0.25) is 0 Å². The van der Waals surface area contributed by atoms with Gasteiger partial charge in [-0.25, -0.2) is 4.68 Å². The summed E-state index contributed by atoms with van der Waals surface area (Å²) in [5.41, 5.74) is 4.88. The highest BCUT2D eigenvalue weighted by atomic mass is 16.1. The van der Waals surface area contributed by atoms with Gasteiger partial charge in [0, 0.05) is 24.2 Å². The first-order chi connectivity index (χ1) is 15.3. The molecule has 1 N–H and O–H groups in total. The molecule has 1 aliphatic rings. The van der Waals surface area contributed by atoms with Crippen molar-refractivity contribution in [3.63, 3.8) is 0 Å². The molecule has 0 spiro atoms. The minimum atomic E-state index is -0.355. The molecule has 5 rings (SSSR count). The van der Waals surface area contributed by atoms with E-state index in [0.29, 0.717) is 11.4 Å². The second-order valence-corrected chi connectivity index (χ2v) is 9.66. The summed E-state index contributed by atoms with van der Waals surface area (Å²) < 4.78 is 1.85. The molecule has 3 heterocycles. The molecule has 0 aliphatic carbocycles. The van der Waals surface area contributed by atoms with Crippen molar-refractivity contribution < 1.29 is 0 Å². The van der Waals surface area contributed by atoms with Crippen LogP contribution in [0.5, 0.6) is 0 Å². The van der Waals surface area contributed by atoms with Gasteiger partial charge < -0.3 is 4.98 Å². The van der Waals surface area contributed by atoms with Crippen molar-refractivity contribution in [1.29, 1.82) is 0 Å². The number of pyridine rings is 1. The van der Waals surface area contributed by atoms with Gasteiger partial charge in [-0.3, -0.25) is 9.69 Å². The van der Waals surface area contributed by atoms with E-state index in [1.807, 2.05) is 22.9 Å². The number of fused-ring (bicyclic) bond motifs is 2. The lowest BCUT2D eigenvalue weighted by atomic mass is 9.95. The van der Waals surface area contributed by atoms with E-state index in [9.17, 15) is 4.79 Å². The fourth-order valence-corrected chi connectivity index (χ4v) is 4.63. The third kappa shape index (κ3) is 3.62. The van der Waals surface area contributed by atoms with Crippen LogP contribution >= 0.6 is 0 Å². The topological polar surface area (TPSA) is 79.7 Å². The van der Waals surface area contributed by atoms with Gasteiger partial charge in [0.1, 0.15) is 6.04 Å². The Morgan fingerprint density at radius 2 is 1.84 bits per heavy atom. The average molecular weight is 429 g/mol. The normalized spacial score (nSPS) is 15.6. The molecule has 1 atom stereocenters. The summed E-state index contributed by atoms with van der Waals surface area (Å²) in [5.74, 6) is 0.689. The number of tetrazole rings is 1. The van der Waals surface area contributed by atoms with E-state index in [1.54, 1.807) is 0 Å². The molecule has 2 aromatic heterocycles. The first kappa shape index (κ1) is 20.6. The molecular formula is C25H28N6O. The molecule has 0 saturated heterocycles. The summed E-state index contributed by atoms with van der Waals surface area (Å²) in [6, 6.07) is 16.2. The summed E-state index contributed by atoms with van der Waals surface area (Å²) in [7, 11) is 0. The minimum absolute atomic E-state index is 0.103. The van der Waals surface area contributed by atoms with Crippen molar-refractivity contribution in [2.75, 3.05) is 6.54 Å². The minimum Gasteiger partial charge on any atom is -0.322 e. The molecule has 0 amide bonds. The maximum absolute atomic E-state index is 13.3. The highest BCUT2D eigenvalue weighted by molar-refractivity contribution is 5.79. The van der Waals surface area contributed by atoms with Crippen molar-refractivity contribution in [1.82, 2.24) is 30.1 Å². The number of hydrogen-bond donors (Lipinski definition) is 1. The van der Waals surface area contributed by atoms with Crippen LogP contribution in [0.15, 0.2) is 53.3 Å². The van der Waals surface area contributed by atoms with Gasteiger partial charge in [0.25, 0.3) is 5.56 Å². The first-order valence-corrected chi connectivity index (χ1v) is 11.0. The molecule has 2 aromatic carbocycles. The number of H-pyrrole nitrogens is 1. The van der Waals surface area contributed by atoms with Crippen molar-refractivity contribution in [2.24, 2.45) is 0 Å². The largest absolute Gasteiger partial charge is 0.322 e. The summed E-state index contributed by atoms with van der Waals surface area (Å²) in [6.07, 6.45) is 0.925. The number of aromatic nitrogens is 5. The second kappa shape index (κ2) is 7.67. The van der Waals surface area contributed by atoms with Gasteiger partial charge in [0.15, 0.2) is 5.82 Å². The Morgan fingerprint density at radius 1 is 1.06 bits per heavy atom. The number of rotatable bonds is 3. The monoisotopic (exact) mass is 428 g/mol. The standard InChI is InChI=1S/C25H28N6O/c1-16-9-10-21-19(13-16)14-20(24(32)26-21)22(23-27-28-29-31(23)25(2,3)4)30-12-11-17-7-5-6-8-18(17)15-30/h5-10,13-14,22H,11-12,15H2,1-4H3,(H,26,32)/t22-/m0/s1. The number of benzene rings is 2. The summed E-state index contributed by atoms with van der Waals surface area (Å²) in [5, 5.41) is 13.7. The smallest absolute Gasteiger partial charge is 0.253 e. The predicted molar refractivity (Wildman–Crippen MR) is 125 cm³/mol. The van der Waals surface area contributed by atoms with Crippen LogP contribution in [0.4, 0.5) is 0 Å². The van der Waals surface area contributed by atoms with Crippen LogP contribution in [-0.4, -0.2) is 36.6 Å². The van der Waals surface area contributed by atoms with Crippen molar-refractivity contribution in [2.45, 2.75) is 52.2 Å². The number of aryl methyl sites for hydroxylation is 1. The molecule has 164 valence electrons. The summed E-state index contributed by atoms with van der Waals surface area (Å²) in [6.45, 7) is 9.84. The third-order valence-corrected chi connectivity index (χ3v) is 6.22. The molecule has 1 aliphatic heterocycles. The molecule has 0 bridgehead atoms. The maximum atomic E-state index is 13.3. The number of hydrogen-bond acceptors (Lipinski definition) is 5. The maximum Gasteiger partial charge on any atom is 0.253 e. The van der Waals surface area contributed by atoms with E-state index in [-0.39, 0.29) is 17.1 Å². The van der Waals surface area contributed by atoms with Crippen LogP contribution < -0.4 is 5.56 Å². The third-order valence-electron chi connectivity index (χ3n) is 6.22. The Hall–Kier alpha value is -3.32. The number of nitrogens with one attached hydrogen (secondary N) is 1. The van der Waals surface area contributed by atoms with Crippen molar-refractivity contribution in [3.8, 4) is 0 Å². The molecule has 7 nitrogen and oxygen atoms in total. The van der Waals surface area contributed by atoms with Gasteiger partial charge in [0.2, 0.25) is 0 Å². The van der Waals surface area contributed by atoms with E-state index in [2.05, 4.69) is 83.4 Å². The molecule has 0 fully saturated rings. The van der Waals surface area contributed by atoms with E-state index < -0.39 is 0 Å². The highest BCUT2D eigenvalue weighted by Gasteiger charge is 2.34. The van der Waals surface area contributed by atoms with Gasteiger partial charge >= 0.3 is 0 Å². The Morgan fingerprint density at radius 3 is 2.62 bits per heavy atom. The van der Waals surface area contributed by atoms with Crippen molar-refractivity contribution in [3.05, 3.63) is 87.0 Å². The summed E-state index contributed by atoms with van der Waals surface area (Å²) in [4.78, 5) is 18.8. The lowest BCUT2D eigenvalue weighted by molar-refractivity contribution is 0.185. The zero-order valence-electron chi connectivity index (χ0n) is 19.0. The van der Waals surface area contributed by atoms with Crippen molar-refractivity contribution >= 4 is 10.9 Å². The highest BCUT2D eigenvalue weighted by Crippen LogP contribution is 2.33. The second-order valence-electron chi connectivity index (χ2n) is 9.66. The quantitative estimate of drug-likeness (QED) is 0.538. The summed E-state index contributed by atoms with van der Waals surface area (Å²) >= 11 is 0. The molecule has 0 unspecified atom stereocenters. The van der Waals surface area contributed by atoms with Gasteiger partial charge in [-0.15, -0.1) is 5.10 Å². The van der Waals surface area contributed by atoms with E-state index in [0.717, 1.165) is 36.0 Å². The zero-order valence-corrected chi connectivity index (χ0v) is 19.0. The lowest BCUT2D eigenvalue weighted by Crippen LogP contribution is -2.40. The lowest BCUT2D eigenvalue weighted by Gasteiger charge is -2.36. The Balaban J connectivity index is 1.70. The first-order valence-electron chi connectivity index (χ1n) is 11.0. The van der Waals surface area contributed by atoms with Crippen LogP contribution in [-0.2, 0) is 18.5 Å². The van der Waals surface area contributed by atoms with Crippen LogP contribution in [0.1, 0.15) is 54.9 Å². The predicted octanol–water partition coefficient (Wildman–Crippen LogP) is 3.73. The van der Waals surface area contributed by atoms with Crippen LogP contribution in [0.3, 0.4) is 0 Å². The molecule has 4 aromatic rings. The van der Waals surface area contributed by atoms with Crippen LogP contribution in [0.25, 0.3) is 10.9 Å². The van der Waals surface area contributed by atoms with Crippen LogP contribution in [0, 0.1) is 6.92 Å². The van der Waals surface area contributed by atoms with Gasteiger partial charge in [0.05, 0.1) is 5.54 Å². The Bertz CT molecular complexity index is 1350. The average Bonchev–Trinajstić information content (AvgIpc) is 3.25. The molecule has 0 radical (unpaired) electrons. The molecule has 32 heavy (non-hydrogen) atoms. The van der Waals surface area contributed by atoms with E-state index >= 15 is 0 Å². The number of nitrogens with zero attached hydrogens (tertiary/aromatic N) is 5. The SMILES string of the molecule is Cc1ccc2[nH]c(=O)c([C@@H](c3nnnn3C(C)(C)C)N3CCc4ccccc4C3)cc2c1. The van der Waals surface area contributed by atoms with E-state index in [4.69, 9.17) is 0 Å². The van der Waals surface area contributed by atoms with Gasteiger partial charge in [-0.05, 0) is 79.3 Å².